The Labute approximate surface area is 119 Å². The third-order valence-electron chi connectivity index (χ3n) is 3.18. The van der Waals surface area contributed by atoms with Gasteiger partial charge in [-0.05, 0) is 37.7 Å². The van der Waals surface area contributed by atoms with E-state index in [1.165, 1.54) is 11.1 Å². The van der Waals surface area contributed by atoms with E-state index in [4.69, 9.17) is 16.0 Å². The Balaban J connectivity index is 2.15. The van der Waals surface area contributed by atoms with E-state index in [0.29, 0.717) is 0 Å². The van der Waals surface area contributed by atoms with Crippen molar-refractivity contribution >= 4 is 17.3 Å². The molecule has 1 heterocycles. The van der Waals surface area contributed by atoms with Crippen molar-refractivity contribution in [2.24, 2.45) is 0 Å². The number of benzene rings is 1. The first-order valence-electron chi connectivity index (χ1n) is 6.29. The Kier molecular flexibility index (Phi) is 4.51. The fraction of sp³-hybridized carbons (Fsp3) is 0.333. The molecule has 2 aromatic rings. The maximum absolute atomic E-state index is 6.35. The van der Waals surface area contributed by atoms with Crippen LogP contribution in [0.3, 0.4) is 0 Å². The molecule has 1 aromatic carbocycles. The fourth-order valence-electron chi connectivity index (χ4n) is 2.09. The van der Waals surface area contributed by atoms with Crippen LogP contribution in [0.15, 0.2) is 34.9 Å². The van der Waals surface area contributed by atoms with Gasteiger partial charge in [0.15, 0.2) is 0 Å². The highest BCUT2D eigenvalue weighted by atomic mass is 35.5. The van der Waals surface area contributed by atoms with Gasteiger partial charge >= 0.3 is 0 Å². The fourth-order valence-corrected chi connectivity index (χ4v) is 2.44. The lowest BCUT2D eigenvalue weighted by Crippen LogP contribution is -2.17. The molecule has 0 saturated carbocycles. The highest BCUT2D eigenvalue weighted by molar-refractivity contribution is 6.33. The molecule has 3 nitrogen and oxygen atoms in total. The normalized spacial score (nSPS) is 10.7. The zero-order valence-electron chi connectivity index (χ0n) is 11.5. The van der Waals surface area contributed by atoms with Crippen molar-refractivity contribution in [3.05, 3.63) is 52.4 Å². The van der Waals surface area contributed by atoms with Crippen molar-refractivity contribution in [3.8, 4) is 0 Å². The second kappa shape index (κ2) is 6.13. The highest BCUT2D eigenvalue weighted by Crippen LogP contribution is 2.27. The molecule has 0 radical (unpaired) electrons. The van der Waals surface area contributed by atoms with E-state index < -0.39 is 0 Å². The number of nitrogens with one attached hydrogen (secondary N) is 1. The summed E-state index contributed by atoms with van der Waals surface area (Å²) in [5.74, 6) is 0.953. The van der Waals surface area contributed by atoms with E-state index in [1.807, 2.05) is 33.2 Å². The maximum atomic E-state index is 6.35. The second-order valence-corrected chi connectivity index (χ2v) is 5.08. The maximum Gasteiger partial charge on any atom is 0.105 e. The minimum Gasteiger partial charge on any atom is -0.469 e. The summed E-state index contributed by atoms with van der Waals surface area (Å²) in [6, 6.07) is 8.15. The summed E-state index contributed by atoms with van der Waals surface area (Å²) in [6.45, 7) is 3.58. The Bertz CT molecular complexity index is 551. The van der Waals surface area contributed by atoms with Crippen LogP contribution in [0.2, 0.25) is 5.02 Å². The Hall–Kier alpha value is -1.45. The van der Waals surface area contributed by atoms with Gasteiger partial charge in [-0.3, -0.25) is 0 Å². The number of halogens is 1. The van der Waals surface area contributed by atoms with Gasteiger partial charge < -0.3 is 14.6 Å². The van der Waals surface area contributed by atoms with Crippen LogP contribution in [0.25, 0.3) is 0 Å². The van der Waals surface area contributed by atoms with Crippen LogP contribution < -0.4 is 10.2 Å². The summed E-state index contributed by atoms with van der Waals surface area (Å²) in [4.78, 5) is 2.13. The number of nitrogens with zero attached hydrogens (tertiary/aromatic N) is 1. The van der Waals surface area contributed by atoms with Crippen LogP contribution in [-0.4, -0.2) is 14.1 Å². The third kappa shape index (κ3) is 3.31. The Morgan fingerprint density at radius 3 is 2.68 bits per heavy atom. The van der Waals surface area contributed by atoms with E-state index in [2.05, 4.69) is 22.3 Å². The minimum absolute atomic E-state index is 0.774. The monoisotopic (exact) mass is 278 g/mol. The van der Waals surface area contributed by atoms with Gasteiger partial charge in [0.25, 0.3) is 0 Å². The molecule has 0 atom stereocenters. The van der Waals surface area contributed by atoms with E-state index in [-0.39, 0.29) is 0 Å². The molecular formula is C15H19ClN2O. The van der Waals surface area contributed by atoms with Gasteiger partial charge in [-0.15, -0.1) is 0 Å². The first-order chi connectivity index (χ1) is 9.11. The standard InChI is InChI=1S/C15H19ClN2O/c1-11-13(6-7-19-11)10-18(3)15-5-4-12(9-17-2)8-14(15)16/h4-8,17H,9-10H2,1-3H3. The van der Waals surface area contributed by atoms with Gasteiger partial charge in [-0.2, -0.15) is 0 Å². The van der Waals surface area contributed by atoms with Crippen LogP contribution in [0.4, 0.5) is 5.69 Å². The molecule has 0 aliphatic rings. The number of aryl methyl sites for hydroxylation is 1. The first kappa shape index (κ1) is 14.0. The van der Waals surface area contributed by atoms with Crippen molar-refractivity contribution in [1.82, 2.24) is 5.32 Å². The van der Waals surface area contributed by atoms with Crippen LogP contribution in [0, 0.1) is 6.92 Å². The summed E-state index contributed by atoms with van der Waals surface area (Å²) in [7, 11) is 3.96. The van der Waals surface area contributed by atoms with Crippen LogP contribution in [0.1, 0.15) is 16.9 Å². The highest BCUT2D eigenvalue weighted by Gasteiger charge is 2.10. The zero-order chi connectivity index (χ0) is 13.8. The number of rotatable bonds is 5. The molecule has 0 bridgehead atoms. The van der Waals surface area contributed by atoms with Crippen molar-refractivity contribution in [2.45, 2.75) is 20.0 Å². The molecular weight excluding hydrogens is 260 g/mol. The molecule has 0 spiro atoms. The molecule has 102 valence electrons. The van der Waals surface area contributed by atoms with Gasteiger partial charge in [0.2, 0.25) is 0 Å². The molecule has 0 aliphatic heterocycles. The molecule has 2 rings (SSSR count). The summed E-state index contributed by atoms with van der Waals surface area (Å²) in [5, 5.41) is 3.89. The Morgan fingerprint density at radius 1 is 1.32 bits per heavy atom. The van der Waals surface area contributed by atoms with Crippen molar-refractivity contribution < 1.29 is 4.42 Å². The van der Waals surface area contributed by atoms with Crippen molar-refractivity contribution in [3.63, 3.8) is 0 Å². The molecule has 0 fully saturated rings. The van der Waals surface area contributed by atoms with Gasteiger partial charge in [0.1, 0.15) is 5.76 Å². The predicted octanol–water partition coefficient (Wildman–Crippen LogP) is 3.60. The molecule has 0 amide bonds. The van der Waals surface area contributed by atoms with E-state index in [9.17, 15) is 0 Å². The van der Waals surface area contributed by atoms with Gasteiger partial charge in [-0.1, -0.05) is 17.7 Å². The Morgan fingerprint density at radius 2 is 2.11 bits per heavy atom. The first-order valence-corrected chi connectivity index (χ1v) is 6.66. The molecule has 4 heteroatoms. The molecule has 0 unspecified atom stereocenters. The lowest BCUT2D eigenvalue weighted by Gasteiger charge is -2.21. The lowest BCUT2D eigenvalue weighted by molar-refractivity contribution is 0.529. The minimum atomic E-state index is 0.774. The summed E-state index contributed by atoms with van der Waals surface area (Å²) >= 11 is 6.35. The van der Waals surface area contributed by atoms with Crippen molar-refractivity contribution in [2.75, 3.05) is 19.0 Å². The quantitative estimate of drug-likeness (QED) is 0.906. The smallest absolute Gasteiger partial charge is 0.105 e. The number of hydrogen-bond acceptors (Lipinski definition) is 3. The predicted molar refractivity (Wildman–Crippen MR) is 79.8 cm³/mol. The average molecular weight is 279 g/mol. The second-order valence-electron chi connectivity index (χ2n) is 4.67. The number of anilines is 1. The summed E-state index contributed by atoms with van der Waals surface area (Å²) in [5.41, 5.74) is 3.39. The summed E-state index contributed by atoms with van der Waals surface area (Å²) in [6.07, 6.45) is 1.72. The largest absolute Gasteiger partial charge is 0.469 e. The molecule has 19 heavy (non-hydrogen) atoms. The molecule has 0 saturated heterocycles. The van der Waals surface area contributed by atoms with Crippen LogP contribution in [-0.2, 0) is 13.1 Å². The molecule has 1 N–H and O–H groups in total. The average Bonchev–Trinajstić information content (AvgIpc) is 2.75. The molecule has 1 aromatic heterocycles. The van der Waals surface area contributed by atoms with Crippen molar-refractivity contribution in [1.29, 1.82) is 0 Å². The number of hydrogen-bond donors (Lipinski definition) is 1. The van der Waals surface area contributed by atoms with Gasteiger partial charge in [-0.25, -0.2) is 0 Å². The number of furan rings is 1. The lowest BCUT2D eigenvalue weighted by atomic mass is 10.1. The topological polar surface area (TPSA) is 28.4 Å². The van der Waals surface area contributed by atoms with E-state index in [1.54, 1.807) is 6.26 Å². The van der Waals surface area contributed by atoms with E-state index >= 15 is 0 Å². The van der Waals surface area contributed by atoms with Crippen LogP contribution in [0.5, 0.6) is 0 Å². The SMILES string of the molecule is CNCc1ccc(N(C)Cc2ccoc2C)c(Cl)c1. The molecule has 0 aliphatic carbocycles. The zero-order valence-corrected chi connectivity index (χ0v) is 12.3. The summed E-state index contributed by atoms with van der Waals surface area (Å²) < 4.78 is 5.31. The van der Waals surface area contributed by atoms with Crippen LogP contribution >= 0.6 is 11.6 Å². The van der Waals surface area contributed by atoms with Gasteiger partial charge in [0.05, 0.1) is 17.0 Å². The van der Waals surface area contributed by atoms with Gasteiger partial charge in [0, 0.05) is 25.7 Å². The van der Waals surface area contributed by atoms with E-state index in [0.717, 1.165) is 29.6 Å². The third-order valence-corrected chi connectivity index (χ3v) is 3.48.